The largest absolute Gasteiger partial charge is 0.303 e. The van der Waals surface area contributed by atoms with E-state index in [-0.39, 0.29) is 5.41 Å². The van der Waals surface area contributed by atoms with Gasteiger partial charge in [0.15, 0.2) is 0 Å². The highest BCUT2D eigenvalue weighted by molar-refractivity contribution is 5.60. The molecule has 0 aromatic heterocycles. The first-order valence-electron chi connectivity index (χ1n) is 8.36. The third kappa shape index (κ3) is 3.81. The average Bonchev–Trinajstić information content (AvgIpc) is 2.48. The fourth-order valence-electron chi connectivity index (χ4n) is 4.19. The van der Waals surface area contributed by atoms with Crippen LogP contribution in [0.25, 0.3) is 0 Å². The maximum absolute atomic E-state index is 11.6. The van der Waals surface area contributed by atoms with Gasteiger partial charge >= 0.3 is 0 Å². The van der Waals surface area contributed by atoms with Gasteiger partial charge in [-0.2, -0.15) is 0 Å². The fraction of sp³-hybridized carbons (Fsp3) is 0.941. The maximum Gasteiger partial charge on any atom is 0.127 e. The van der Waals surface area contributed by atoms with Crippen LogP contribution in [0.1, 0.15) is 71.1 Å². The van der Waals surface area contributed by atoms with E-state index in [4.69, 9.17) is 0 Å². The van der Waals surface area contributed by atoms with E-state index in [1.807, 2.05) is 0 Å². The van der Waals surface area contributed by atoms with E-state index in [0.29, 0.717) is 0 Å². The number of nitrogens with zero attached hydrogens (tertiary/aromatic N) is 1. The van der Waals surface area contributed by atoms with E-state index in [9.17, 15) is 4.79 Å². The highest BCUT2D eigenvalue weighted by atomic mass is 16.1. The second-order valence-electron chi connectivity index (χ2n) is 7.04. The van der Waals surface area contributed by atoms with Crippen molar-refractivity contribution in [3.05, 3.63) is 0 Å². The molecule has 2 saturated carbocycles. The molecule has 0 unspecified atom stereocenters. The first-order valence-corrected chi connectivity index (χ1v) is 8.36. The molecule has 0 saturated heterocycles. The van der Waals surface area contributed by atoms with Crippen LogP contribution in [-0.4, -0.2) is 30.8 Å². The predicted molar refractivity (Wildman–Crippen MR) is 80.2 cm³/mol. The molecule has 2 rings (SSSR count). The Hall–Kier alpha value is -0.370. The smallest absolute Gasteiger partial charge is 0.127 e. The molecule has 2 aliphatic rings. The third-order valence-electron chi connectivity index (χ3n) is 5.68. The quantitative estimate of drug-likeness (QED) is 0.699. The standard InChI is InChI=1S/C17H31NO/c1-3-15-7-9-16(10-8-15)18(2)13-17(14-19)11-5-4-6-12-17/h14-16H,3-13H2,1-2H3. The van der Waals surface area contributed by atoms with E-state index in [1.54, 1.807) is 0 Å². The van der Waals surface area contributed by atoms with Gasteiger partial charge in [0.2, 0.25) is 0 Å². The predicted octanol–water partition coefficient (Wildman–Crippen LogP) is 4.04. The topological polar surface area (TPSA) is 20.3 Å². The van der Waals surface area contributed by atoms with Crippen LogP contribution in [0.3, 0.4) is 0 Å². The Bertz CT molecular complexity index is 275. The van der Waals surface area contributed by atoms with Gasteiger partial charge in [-0.3, -0.25) is 0 Å². The second kappa shape index (κ2) is 6.88. The number of aldehydes is 1. The van der Waals surface area contributed by atoms with Crippen molar-refractivity contribution in [2.75, 3.05) is 13.6 Å². The minimum atomic E-state index is -0.0192. The molecule has 0 spiro atoms. The van der Waals surface area contributed by atoms with Crippen molar-refractivity contribution in [1.82, 2.24) is 4.90 Å². The van der Waals surface area contributed by atoms with Crippen molar-refractivity contribution >= 4 is 6.29 Å². The molecule has 0 bridgehead atoms. The molecule has 0 radical (unpaired) electrons. The number of carbonyl (C=O) groups excluding carboxylic acids is 1. The summed E-state index contributed by atoms with van der Waals surface area (Å²) in [6.07, 6.45) is 14.1. The molecule has 0 amide bonds. The average molecular weight is 265 g/mol. The summed E-state index contributed by atoms with van der Waals surface area (Å²) in [5.41, 5.74) is -0.0192. The van der Waals surface area contributed by atoms with E-state index in [0.717, 1.165) is 31.3 Å². The minimum Gasteiger partial charge on any atom is -0.303 e. The molecule has 0 aromatic rings. The summed E-state index contributed by atoms with van der Waals surface area (Å²) in [5.74, 6) is 0.958. The molecule has 2 fully saturated rings. The summed E-state index contributed by atoms with van der Waals surface area (Å²) >= 11 is 0. The molecule has 2 aliphatic carbocycles. The van der Waals surface area contributed by atoms with Crippen molar-refractivity contribution < 1.29 is 4.79 Å². The van der Waals surface area contributed by atoms with Gasteiger partial charge in [-0.15, -0.1) is 0 Å². The van der Waals surface area contributed by atoms with Crippen molar-refractivity contribution in [2.45, 2.75) is 77.2 Å². The monoisotopic (exact) mass is 265 g/mol. The Morgan fingerprint density at radius 3 is 2.26 bits per heavy atom. The number of rotatable bonds is 5. The summed E-state index contributed by atoms with van der Waals surface area (Å²) in [6.45, 7) is 3.32. The van der Waals surface area contributed by atoms with Crippen LogP contribution >= 0.6 is 0 Å². The molecular formula is C17H31NO. The first kappa shape index (κ1) is 15.0. The second-order valence-corrected chi connectivity index (χ2v) is 7.04. The van der Waals surface area contributed by atoms with E-state index >= 15 is 0 Å². The summed E-state index contributed by atoms with van der Waals surface area (Å²) in [5, 5.41) is 0. The minimum absolute atomic E-state index is 0.0192. The lowest BCUT2D eigenvalue weighted by Crippen LogP contribution is -2.44. The summed E-state index contributed by atoms with van der Waals surface area (Å²) in [6, 6.07) is 0.724. The molecule has 110 valence electrons. The lowest BCUT2D eigenvalue weighted by atomic mass is 9.74. The lowest BCUT2D eigenvalue weighted by molar-refractivity contribution is -0.119. The van der Waals surface area contributed by atoms with Crippen LogP contribution in [0.2, 0.25) is 0 Å². The fourth-order valence-corrected chi connectivity index (χ4v) is 4.19. The van der Waals surface area contributed by atoms with Crippen LogP contribution in [0.15, 0.2) is 0 Å². The van der Waals surface area contributed by atoms with Gasteiger partial charge in [0.05, 0.1) is 0 Å². The molecule has 0 N–H and O–H groups in total. The SMILES string of the molecule is CCC1CCC(N(C)CC2(C=O)CCCCC2)CC1. The van der Waals surface area contributed by atoms with Crippen molar-refractivity contribution in [1.29, 1.82) is 0 Å². The molecule has 0 heterocycles. The molecule has 0 aliphatic heterocycles. The van der Waals surface area contributed by atoms with Gasteiger partial charge in [0.1, 0.15) is 6.29 Å². The molecule has 19 heavy (non-hydrogen) atoms. The van der Waals surface area contributed by atoms with Crippen molar-refractivity contribution in [2.24, 2.45) is 11.3 Å². The van der Waals surface area contributed by atoms with Crippen LogP contribution in [0.5, 0.6) is 0 Å². The highest BCUT2D eigenvalue weighted by Crippen LogP contribution is 2.37. The summed E-state index contributed by atoms with van der Waals surface area (Å²) in [7, 11) is 2.25. The van der Waals surface area contributed by atoms with E-state index in [1.165, 1.54) is 57.7 Å². The summed E-state index contributed by atoms with van der Waals surface area (Å²) < 4.78 is 0. The van der Waals surface area contributed by atoms with Crippen LogP contribution in [-0.2, 0) is 4.79 Å². The van der Waals surface area contributed by atoms with Crippen LogP contribution in [0.4, 0.5) is 0 Å². The Kier molecular flexibility index (Phi) is 5.44. The maximum atomic E-state index is 11.6. The van der Waals surface area contributed by atoms with Crippen molar-refractivity contribution in [3.8, 4) is 0 Å². The third-order valence-corrected chi connectivity index (χ3v) is 5.68. The molecule has 0 atom stereocenters. The molecular weight excluding hydrogens is 234 g/mol. The summed E-state index contributed by atoms with van der Waals surface area (Å²) in [4.78, 5) is 14.1. The van der Waals surface area contributed by atoms with E-state index in [2.05, 4.69) is 18.9 Å². The van der Waals surface area contributed by atoms with Gasteiger partial charge in [-0.1, -0.05) is 32.6 Å². The van der Waals surface area contributed by atoms with Gasteiger partial charge in [-0.05, 0) is 51.5 Å². The zero-order chi connectivity index (χ0) is 13.7. The molecule has 0 aromatic carbocycles. The molecule has 2 heteroatoms. The lowest BCUT2D eigenvalue weighted by Gasteiger charge is -2.41. The van der Waals surface area contributed by atoms with E-state index < -0.39 is 0 Å². The Labute approximate surface area is 118 Å². The zero-order valence-corrected chi connectivity index (χ0v) is 12.9. The number of carbonyl (C=O) groups is 1. The van der Waals surface area contributed by atoms with Gasteiger partial charge in [0.25, 0.3) is 0 Å². The van der Waals surface area contributed by atoms with Crippen LogP contribution < -0.4 is 0 Å². The van der Waals surface area contributed by atoms with Crippen LogP contribution in [0, 0.1) is 11.3 Å². The Balaban J connectivity index is 1.85. The normalized spacial score (nSPS) is 31.3. The zero-order valence-electron chi connectivity index (χ0n) is 12.9. The van der Waals surface area contributed by atoms with Gasteiger partial charge < -0.3 is 9.69 Å². The molecule has 2 nitrogen and oxygen atoms in total. The highest BCUT2D eigenvalue weighted by Gasteiger charge is 2.35. The van der Waals surface area contributed by atoms with Gasteiger partial charge in [0, 0.05) is 18.0 Å². The first-order chi connectivity index (χ1) is 9.19. The number of hydrogen-bond acceptors (Lipinski definition) is 2. The Morgan fingerprint density at radius 1 is 1.11 bits per heavy atom. The number of hydrogen-bond donors (Lipinski definition) is 0. The van der Waals surface area contributed by atoms with Gasteiger partial charge in [-0.25, -0.2) is 0 Å². The Morgan fingerprint density at radius 2 is 1.74 bits per heavy atom. The van der Waals surface area contributed by atoms with Crippen molar-refractivity contribution in [3.63, 3.8) is 0 Å².